The molecule has 0 radical (unpaired) electrons. The molecule has 29 heavy (non-hydrogen) atoms. The Bertz CT molecular complexity index is 1010. The lowest BCUT2D eigenvalue weighted by atomic mass is 10.1. The number of imidazole rings is 1. The number of rotatable bonds is 3. The van der Waals surface area contributed by atoms with Crippen LogP contribution in [-0.4, -0.2) is 46.7 Å². The molecule has 2 unspecified atom stereocenters. The molecule has 3 aromatic rings. The number of nitrogens with one attached hydrogen (secondary N) is 1. The second kappa shape index (κ2) is 8.21. The maximum Gasteiger partial charge on any atom is 0.194 e. The Morgan fingerprint density at radius 3 is 2.69 bits per heavy atom. The minimum absolute atomic E-state index is 0.0353. The number of halogens is 1. The topological polar surface area (TPSA) is 54.7 Å². The number of aryl methyl sites for hydroxylation is 1. The first-order chi connectivity index (χ1) is 14.0. The van der Waals surface area contributed by atoms with Crippen molar-refractivity contribution >= 4 is 17.0 Å². The van der Waals surface area contributed by atoms with Crippen LogP contribution in [0.2, 0.25) is 0 Å². The van der Waals surface area contributed by atoms with E-state index in [2.05, 4.69) is 25.8 Å². The number of hydrogen-bond donors (Lipinski definition) is 1. The van der Waals surface area contributed by atoms with Crippen LogP contribution in [0.15, 0.2) is 53.5 Å². The number of benzene rings is 2. The summed E-state index contributed by atoms with van der Waals surface area (Å²) in [5, 5.41) is 3.44. The lowest BCUT2D eigenvalue weighted by Gasteiger charge is -2.38. The van der Waals surface area contributed by atoms with Crippen LogP contribution in [0.4, 0.5) is 4.39 Å². The van der Waals surface area contributed by atoms with Gasteiger partial charge in [-0.05, 0) is 36.8 Å². The van der Waals surface area contributed by atoms with Crippen molar-refractivity contribution in [3.8, 4) is 0 Å². The van der Waals surface area contributed by atoms with Crippen molar-refractivity contribution in [2.24, 2.45) is 12.0 Å². The van der Waals surface area contributed by atoms with E-state index in [4.69, 9.17) is 9.72 Å². The van der Waals surface area contributed by atoms with Gasteiger partial charge in [0.15, 0.2) is 5.96 Å². The molecule has 2 atom stereocenters. The summed E-state index contributed by atoms with van der Waals surface area (Å²) in [6.45, 7) is 4.00. The van der Waals surface area contributed by atoms with Gasteiger partial charge in [-0.25, -0.2) is 9.37 Å². The van der Waals surface area contributed by atoms with Crippen molar-refractivity contribution in [2.75, 3.05) is 20.1 Å². The van der Waals surface area contributed by atoms with Crippen LogP contribution in [0.25, 0.3) is 11.0 Å². The van der Waals surface area contributed by atoms with Crippen LogP contribution >= 0.6 is 0 Å². The van der Waals surface area contributed by atoms with Gasteiger partial charge >= 0.3 is 0 Å². The van der Waals surface area contributed by atoms with Crippen molar-refractivity contribution in [1.29, 1.82) is 0 Å². The van der Waals surface area contributed by atoms with Crippen LogP contribution < -0.4 is 5.32 Å². The number of fused-ring (bicyclic) bond motifs is 1. The quantitative estimate of drug-likeness (QED) is 0.546. The number of ether oxygens (including phenoxy) is 1. The predicted octanol–water partition coefficient (Wildman–Crippen LogP) is 3.25. The van der Waals surface area contributed by atoms with Gasteiger partial charge in [0.2, 0.25) is 0 Å². The molecule has 1 aliphatic rings. The lowest BCUT2D eigenvalue weighted by Crippen LogP contribution is -2.50. The number of guanidine groups is 1. The van der Waals surface area contributed by atoms with E-state index in [1.807, 2.05) is 32.2 Å². The average Bonchev–Trinajstić information content (AvgIpc) is 3.05. The highest BCUT2D eigenvalue weighted by molar-refractivity contribution is 5.80. The van der Waals surface area contributed by atoms with E-state index in [1.54, 1.807) is 19.2 Å². The Morgan fingerprint density at radius 1 is 1.21 bits per heavy atom. The molecule has 1 N–H and O–H groups in total. The van der Waals surface area contributed by atoms with Crippen LogP contribution in [0, 0.1) is 5.82 Å². The molecule has 152 valence electrons. The van der Waals surface area contributed by atoms with E-state index in [0.717, 1.165) is 34.9 Å². The molecule has 4 rings (SSSR count). The van der Waals surface area contributed by atoms with E-state index in [9.17, 15) is 4.39 Å². The minimum Gasteiger partial charge on any atom is -0.367 e. The van der Waals surface area contributed by atoms with Crippen LogP contribution in [0.3, 0.4) is 0 Å². The molecule has 0 spiro atoms. The van der Waals surface area contributed by atoms with Gasteiger partial charge < -0.3 is 19.5 Å². The zero-order valence-corrected chi connectivity index (χ0v) is 17.0. The van der Waals surface area contributed by atoms with E-state index in [0.29, 0.717) is 13.1 Å². The maximum absolute atomic E-state index is 13.3. The van der Waals surface area contributed by atoms with Gasteiger partial charge in [0.1, 0.15) is 17.7 Å². The minimum atomic E-state index is -0.241. The molecule has 7 heteroatoms. The fraction of sp³-hybridized carbons (Fsp3) is 0.364. The average molecular weight is 395 g/mol. The first-order valence-electron chi connectivity index (χ1n) is 9.82. The summed E-state index contributed by atoms with van der Waals surface area (Å²) in [4.78, 5) is 11.4. The van der Waals surface area contributed by atoms with Crippen molar-refractivity contribution in [3.05, 3.63) is 65.7 Å². The molecule has 0 bridgehead atoms. The van der Waals surface area contributed by atoms with Gasteiger partial charge in [0.05, 0.1) is 30.2 Å². The lowest BCUT2D eigenvalue weighted by molar-refractivity contribution is -0.0605. The molecular formula is C22H26FN5O. The Labute approximate surface area is 170 Å². The number of hydrogen-bond acceptors (Lipinski definition) is 3. The van der Waals surface area contributed by atoms with E-state index >= 15 is 0 Å². The fourth-order valence-corrected chi connectivity index (χ4v) is 3.83. The first-order valence-corrected chi connectivity index (χ1v) is 9.82. The van der Waals surface area contributed by atoms with Crippen LogP contribution in [-0.2, 0) is 18.3 Å². The zero-order valence-electron chi connectivity index (χ0n) is 17.0. The predicted molar refractivity (Wildman–Crippen MR) is 112 cm³/mol. The molecule has 2 aromatic carbocycles. The highest BCUT2D eigenvalue weighted by atomic mass is 19.1. The summed E-state index contributed by atoms with van der Waals surface area (Å²) in [5.74, 6) is 1.51. The van der Waals surface area contributed by atoms with Crippen molar-refractivity contribution in [3.63, 3.8) is 0 Å². The molecule has 0 aliphatic carbocycles. The van der Waals surface area contributed by atoms with Gasteiger partial charge in [-0.3, -0.25) is 4.99 Å². The summed E-state index contributed by atoms with van der Waals surface area (Å²) in [6.07, 6.45) is -0.0956. The van der Waals surface area contributed by atoms with Crippen LogP contribution in [0.1, 0.15) is 24.4 Å². The fourth-order valence-electron chi connectivity index (χ4n) is 3.83. The second-order valence-electron chi connectivity index (χ2n) is 7.37. The largest absolute Gasteiger partial charge is 0.367 e. The Kier molecular flexibility index (Phi) is 5.49. The number of para-hydroxylation sites is 2. The third kappa shape index (κ3) is 4.10. The van der Waals surface area contributed by atoms with Gasteiger partial charge in [-0.2, -0.15) is 0 Å². The first kappa shape index (κ1) is 19.4. The SMILES string of the molecule is CN=C(NCc1nc2ccccc2n1C)N1CC(C)OC(c2ccc(F)cc2)C1. The third-order valence-electron chi connectivity index (χ3n) is 5.30. The van der Waals surface area contributed by atoms with E-state index in [-0.39, 0.29) is 18.0 Å². The number of nitrogens with zero attached hydrogens (tertiary/aromatic N) is 4. The Morgan fingerprint density at radius 2 is 1.97 bits per heavy atom. The number of aromatic nitrogens is 2. The van der Waals surface area contributed by atoms with E-state index < -0.39 is 0 Å². The third-order valence-corrected chi connectivity index (χ3v) is 5.30. The summed E-state index contributed by atoms with van der Waals surface area (Å²) in [5.41, 5.74) is 3.06. The molecule has 1 fully saturated rings. The molecule has 6 nitrogen and oxygen atoms in total. The zero-order chi connectivity index (χ0) is 20.4. The normalized spacial score (nSPS) is 20.3. The molecule has 1 aromatic heterocycles. The second-order valence-corrected chi connectivity index (χ2v) is 7.37. The molecule has 0 amide bonds. The summed E-state index contributed by atoms with van der Waals surface area (Å²) >= 11 is 0. The molecule has 1 aliphatic heterocycles. The molecule has 2 heterocycles. The summed E-state index contributed by atoms with van der Waals surface area (Å²) in [7, 11) is 3.81. The van der Waals surface area contributed by atoms with E-state index in [1.165, 1.54) is 12.1 Å². The molecular weight excluding hydrogens is 369 g/mol. The number of morpholine rings is 1. The van der Waals surface area contributed by atoms with Crippen molar-refractivity contribution < 1.29 is 9.13 Å². The van der Waals surface area contributed by atoms with Crippen LogP contribution in [0.5, 0.6) is 0 Å². The summed E-state index contributed by atoms with van der Waals surface area (Å²) < 4.78 is 21.5. The Hall–Kier alpha value is -2.93. The highest BCUT2D eigenvalue weighted by Gasteiger charge is 2.28. The molecule has 1 saturated heterocycles. The van der Waals surface area contributed by atoms with Gasteiger partial charge in [0.25, 0.3) is 0 Å². The monoisotopic (exact) mass is 395 g/mol. The van der Waals surface area contributed by atoms with Crippen molar-refractivity contribution in [2.45, 2.75) is 25.7 Å². The smallest absolute Gasteiger partial charge is 0.194 e. The van der Waals surface area contributed by atoms with Gasteiger partial charge in [-0.1, -0.05) is 24.3 Å². The highest BCUT2D eigenvalue weighted by Crippen LogP contribution is 2.25. The maximum atomic E-state index is 13.3. The number of aliphatic imine (C=N–C) groups is 1. The van der Waals surface area contributed by atoms with Gasteiger partial charge in [-0.15, -0.1) is 0 Å². The molecule has 0 saturated carbocycles. The standard InChI is InChI=1S/C22H26FN5O/c1-15-13-28(14-20(29-15)16-8-10-17(23)11-9-16)22(24-2)25-12-21-26-18-6-4-5-7-19(18)27(21)3/h4-11,15,20H,12-14H2,1-3H3,(H,24,25). The van der Waals surface area contributed by atoms with Gasteiger partial charge in [0, 0.05) is 20.6 Å². The Balaban J connectivity index is 1.47. The summed E-state index contributed by atoms with van der Waals surface area (Å²) in [6, 6.07) is 14.6. The van der Waals surface area contributed by atoms with Crippen molar-refractivity contribution in [1.82, 2.24) is 19.8 Å².